The van der Waals surface area contributed by atoms with Crippen LogP contribution in [0, 0.1) is 0 Å². The molecular weight excluding hydrogens is 296 g/mol. The molecule has 0 aromatic carbocycles. The second kappa shape index (κ2) is 6.97. The lowest BCUT2D eigenvalue weighted by molar-refractivity contribution is -0.122. The predicted octanol–water partition coefficient (Wildman–Crippen LogP) is 2.30. The van der Waals surface area contributed by atoms with Gasteiger partial charge in [-0.25, -0.2) is 9.97 Å². The molecule has 0 unspecified atom stereocenters. The molecule has 0 saturated heterocycles. The van der Waals surface area contributed by atoms with Crippen molar-refractivity contribution in [1.82, 2.24) is 20.2 Å². The summed E-state index contributed by atoms with van der Waals surface area (Å²) in [5, 5.41) is 6.09. The van der Waals surface area contributed by atoms with Crippen molar-refractivity contribution < 1.29 is 4.79 Å². The zero-order chi connectivity index (χ0) is 14.5. The van der Waals surface area contributed by atoms with Gasteiger partial charge in [-0.3, -0.25) is 9.69 Å². The summed E-state index contributed by atoms with van der Waals surface area (Å²) >= 11 is 7.68. The molecule has 2 aromatic rings. The number of aromatic nitrogens is 2. The smallest absolute Gasteiger partial charge is 0.234 e. The minimum atomic E-state index is 0.0117. The first-order valence-electron chi connectivity index (χ1n) is 6.52. The molecule has 5 nitrogen and oxygen atoms in total. The third kappa shape index (κ3) is 3.65. The van der Waals surface area contributed by atoms with Crippen LogP contribution in [0.15, 0.2) is 11.4 Å². The molecule has 0 radical (unpaired) electrons. The number of halogens is 1. The molecule has 0 aliphatic rings. The fourth-order valence-electron chi connectivity index (χ4n) is 1.87. The molecule has 1 N–H and O–H groups in total. The Balaban J connectivity index is 2.10. The molecule has 0 atom stereocenters. The molecule has 0 aliphatic heterocycles. The standard InChI is InChI=1S/C13H17ClN4OS/c1-3-15-11(19)8-18(4-2)7-10-16-12(14)9-5-6-20-13(9)17-10/h5-6H,3-4,7-8H2,1-2H3,(H,15,19). The van der Waals surface area contributed by atoms with Gasteiger partial charge >= 0.3 is 0 Å². The number of thiophene rings is 1. The van der Waals surface area contributed by atoms with E-state index >= 15 is 0 Å². The lowest BCUT2D eigenvalue weighted by Gasteiger charge is -2.18. The van der Waals surface area contributed by atoms with E-state index in [9.17, 15) is 4.79 Å². The van der Waals surface area contributed by atoms with E-state index < -0.39 is 0 Å². The van der Waals surface area contributed by atoms with Crippen LogP contribution in [-0.2, 0) is 11.3 Å². The van der Waals surface area contributed by atoms with Crippen molar-refractivity contribution in [1.29, 1.82) is 0 Å². The van der Waals surface area contributed by atoms with E-state index in [4.69, 9.17) is 11.6 Å². The van der Waals surface area contributed by atoms with Crippen molar-refractivity contribution in [2.45, 2.75) is 20.4 Å². The highest BCUT2D eigenvalue weighted by atomic mass is 35.5. The van der Waals surface area contributed by atoms with Crippen LogP contribution in [0.2, 0.25) is 5.15 Å². The number of fused-ring (bicyclic) bond motifs is 1. The van der Waals surface area contributed by atoms with Crippen molar-refractivity contribution in [3.63, 3.8) is 0 Å². The normalized spacial score (nSPS) is 11.2. The maximum atomic E-state index is 11.6. The van der Waals surface area contributed by atoms with E-state index in [0.717, 1.165) is 16.8 Å². The zero-order valence-corrected chi connectivity index (χ0v) is 13.1. The van der Waals surface area contributed by atoms with Gasteiger partial charge in [-0.05, 0) is 24.9 Å². The molecule has 0 saturated carbocycles. The van der Waals surface area contributed by atoms with E-state index in [1.807, 2.05) is 30.2 Å². The Morgan fingerprint density at radius 1 is 1.45 bits per heavy atom. The molecule has 0 bridgehead atoms. The summed E-state index contributed by atoms with van der Waals surface area (Å²) in [6.07, 6.45) is 0. The Morgan fingerprint density at radius 3 is 2.95 bits per heavy atom. The lowest BCUT2D eigenvalue weighted by atomic mass is 10.4. The molecule has 0 aliphatic carbocycles. The predicted molar refractivity (Wildman–Crippen MR) is 82.1 cm³/mol. The number of hydrogen-bond acceptors (Lipinski definition) is 5. The highest BCUT2D eigenvalue weighted by Gasteiger charge is 2.13. The quantitative estimate of drug-likeness (QED) is 0.832. The third-order valence-electron chi connectivity index (χ3n) is 2.88. The van der Waals surface area contributed by atoms with Gasteiger partial charge < -0.3 is 5.32 Å². The van der Waals surface area contributed by atoms with Crippen molar-refractivity contribution in [2.24, 2.45) is 0 Å². The van der Waals surface area contributed by atoms with Crippen LogP contribution in [0.1, 0.15) is 19.7 Å². The Labute approximate surface area is 127 Å². The number of hydrogen-bond donors (Lipinski definition) is 1. The van der Waals surface area contributed by atoms with Gasteiger partial charge in [-0.2, -0.15) is 0 Å². The summed E-state index contributed by atoms with van der Waals surface area (Å²) in [7, 11) is 0. The number of nitrogens with one attached hydrogen (secondary N) is 1. The number of likely N-dealkylation sites (N-methyl/N-ethyl adjacent to an activating group) is 2. The van der Waals surface area contributed by atoms with Crippen molar-refractivity contribution >= 4 is 39.1 Å². The van der Waals surface area contributed by atoms with Crippen LogP contribution in [0.5, 0.6) is 0 Å². The van der Waals surface area contributed by atoms with E-state index in [1.54, 1.807) is 0 Å². The summed E-state index contributed by atoms with van der Waals surface area (Å²) in [4.78, 5) is 23.3. The van der Waals surface area contributed by atoms with Crippen molar-refractivity contribution in [3.8, 4) is 0 Å². The van der Waals surface area contributed by atoms with Gasteiger partial charge in [0.25, 0.3) is 0 Å². The van der Waals surface area contributed by atoms with E-state index in [0.29, 0.717) is 30.6 Å². The van der Waals surface area contributed by atoms with Crippen LogP contribution in [0.3, 0.4) is 0 Å². The zero-order valence-electron chi connectivity index (χ0n) is 11.5. The molecule has 108 valence electrons. The summed E-state index contributed by atoms with van der Waals surface area (Å²) in [6, 6.07) is 1.92. The molecular formula is C13H17ClN4OS. The van der Waals surface area contributed by atoms with Crippen LogP contribution < -0.4 is 5.32 Å². The van der Waals surface area contributed by atoms with Gasteiger partial charge in [0.05, 0.1) is 13.1 Å². The molecule has 0 spiro atoms. The van der Waals surface area contributed by atoms with Crippen LogP contribution in [-0.4, -0.2) is 40.4 Å². The highest BCUT2D eigenvalue weighted by molar-refractivity contribution is 7.16. The third-order valence-corrected chi connectivity index (χ3v) is 3.97. The molecule has 1 amide bonds. The van der Waals surface area contributed by atoms with Gasteiger partial charge in [-0.1, -0.05) is 18.5 Å². The fraction of sp³-hybridized carbons (Fsp3) is 0.462. The maximum absolute atomic E-state index is 11.6. The first-order valence-corrected chi connectivity index (χ1v) is 7.78. The second-order valence-corrected chi connectivity index (χ2v) is 5.58. The summed E-state index contributed by atoms with van der Waals surface area (Å²) in [6.45, 7) is 6.15. The monoisotopic (exact) mass is 312 g/mol. The van der Waals surface area contributed by atoms with Gasteiger partial charge in [0.15, 0.2) is 0 Å². The average molecular weight is 313 g/mol. The molecule has 2 heterocycles. The van der Waals surface area contributed by atoms with Crippen LogP contribution >= 0.6 is 22.9 Å². The van der Waals surface area contributed by atoms with Crippen molar-refractivity contribution in [3.05, 3.63) is 22.4 Å². The van der Waals surface area contributed by atoms with Gasteiger partial charge in [0, 0.05) is 11.9 Å². The number of amides is 1. The number of carbonyl (C=O) groups excluding carboxylic acids is 1. The minimum absolute atomic E-state index is 0.0117. The first kappa shape index (κ1) is 15.2. The lowest BCUT2D eigenvalue weighted by Crippen LogP contribution is -2.37. The molecule has 0 fully saturated rings. The van der Waals surface area contributed by atoms with Crippen LogP contribution in [0.4, 0.5) is 0 Å². The minimum Gasteiger partial charge on any atom is -0.355 e. The molecule has 7 heteroatoms. The summed E-state index contributed by atoms with van der Waals surface area (Å²) < 4.78 is 0. The largest absolute Gasteiger partial charge is 0.355 e. The Morgan fingerprint density at radius 2 is 2.25 bits per heavy atom. The Bertz CT molecular complexity index is 601. The van der Waals surface area contributed by atoms with Gasteiger partial charge in [0.1, 0.15) is 15.8 Å². The topological polar surface area (TPSA) is 58.1 Å². The summed E-state index contributed by atoms with van der Waals surface area (Å²) in [5.74, 6) is 0.661. The SMILES string of the molecule is CCNC(=O)CN(CC)Cc1nc(Cl)c2ccsc2n1. The number of carbonyl (C=O) groups is 1. The van der Waals surface area contributed by atoms with E-state index in [1.165, 1.54) is 11.3 Å². The Hall–Kier alpha value is -1.24. The second-order valence-electron chi connectivity index (χ2n) is 4.33. The first-order chi connectivity index (χ1) is 9.63. The van der Waals surface area contributed by atoms with E-state index in [2.05, 4.69) is 15.3 Å². The summed E-state index contributed by atoms with van der Waals surface area (Å²) in [5.41, 5.74) is 0. The van der Waals surface area contributed by atoms with Gasteiger partial charge in [-0.15, -0.1) is 11.3 Å². The number of rotatable bonds is 6. The van der Waals surface area contributed by atoms with Gasteiger partial charge in [0.2, 0.25) is 5.91 Å². The molecule has 20 heavy (non-hydrogen) atoms. The van der Waals surface area contributed by atoms with E-state index in [-0.39, 0.29) is 5.91 Å². The average Bonchev–Trinajstić information content (AvgIpc) is 2.87. The molecule has 2 aromatic heterocycles. The number of nitrogens with zero attached hydrogens (tertiary/aromatic N) is 3. The van der Waals surface area contributed by atoms with Crippen molar-refractivity contribution in [2.75, 3.05) is 19.6 Å². The Kier molecular flexibility index (Phi) is 5.28. The molecule has 2 rings (SSSR count). The maximum Gasteiger partial charge on any atom is 0.234 e. The van der Waals surface area contributed by atoms with Crippen LogP contribution in [0.25, 0.3) is 10.2 Å². The fourth-order valence-corrected chi connectivity index (χ4v) is 2.96. The highest BCUT2D eigenvalue weighted by Crippen LogP contribution is 2.24.